The minimum Gasteiger partial charge on any atom is -0.481 e. The van der Waals surface area contributed by atoms with Crippen LogP contribution in [0.2, 0.25) is 10.0 Å². The summed E-state index contributed by atoms with van der Waals surface area (Å²) in [6.45, 7) is 0.771. The van der Waals surface area contributed by atoms with Crippen molar-refractivity contribution >= 4 is 34.8 Å². The fourth-order valence-electron chi connectivity index (χ4n) is 6.82. The predicted octanol–water partition coefficient (Wildman–Crippen LogP) is 4.53. The molecule has 1 amide bonds. The molecule has 1 aliphatic heterocycles. The molecule has 13 heteroatoms. The van der Waals surface area contributed by atoms with Crippen LogP contribution in [0.1, 0.15) is 53.2 Å². The third kappa shape index (κ3) is 5.98. The maximum Gasteiger partial charge on any atom is 0.330 e. The van der Waals surface area contributed by atoms with Crippen LogP contribution in [0.15, 0.2) is 58.3 Å². The lowest BCUT2D eigenvalue weighted by atomic mass is 9.96. The van der Waals surface area contributed by atoms with Crippen LogP contribution in [-0.2, 0) is 20.5 Å². The van der Waals surface area contributed by atoms with Gasteiger partial charge >= 0.3 is 5.69 Å². The van der Waals surface area contributed by atoms with Crippen LogP contribution in [-0.4, -0.2) is 61.1 Å². The summed E-state index contributed by atoms with van der Waals surface area (Å²) in [4.78, 5) is 44.9. The number of rotatable bonds is 7. The number of nitrogens with one attached hydrogen (secondary N) is 1. The molecule has 11 nitrogen and oxygen atoms in total. The van der Waals surface area contributed by atoms with E-state index in [1.165, 1.54) is 20.3 Å². The molecule has 0 saturated carbocycles. The fraction of sp³-hybridized carbons (Fsp3) is 0.353. The second-order valence-corrected chi connectivity index (χ2v) is 12.7. The number of halogens is 2. The zero-order valence-electron chi connectivity index (χ0n) is 26.2. The van der Waals surface area contributed by atoms with Crippen LogP contribution >= 0.6 is 23.2 Å². The van der Waals surface area contributed by atoms with E-state index in [9.17, 15) is 24.6 Å². The number of aromatic nitrogens is 3. The van der Waals surface area contributed by atoms with Crippen molar-refractivity contribution in [2.75, 3.05) is 19.0 Å². The predicted molar refractivity (Wildman–Crippen MR) is 180 cm³/mol. The molecule has 2 aliphatic rings. The average Bonchev–Trinajstić information content (AvgIpc) is 3.50. The summed E-state index contributed by atoms with van der Waals surface area (Å²) in [5, 5.41) is 23.5. The van der Waals surface area contributed by atoms with Gasteiger partial charge in [0.2, 0.25) is 5.88 Å². The number of hydrogen-bond donors (Lipinski definition) is 3. The number of benzene rings is 2. The van der Waals surface area contributed by atoms with E-state index in [0.717, 1.165) is 58.9 Å². The summed E-state index contributed by atoms with van der Waals surface area (Å²) in [5.41, 5.74) is 3.27. The molecular formula is C34H35Cl2N5O6. The average molecular weight is 681 g/mol. The Labute approximate surface area is 281 Å². The first kappa shape index (κ1) is 32.9. The fourth-order valence-corrected chi connectivity index (χ4v) is 7.42. The highest BCUT2D eigenvalue weighted by Crippen LogP contribution is 2.46. The van der Waals surface area contributed by atoms with Crippen LogP contribution in [0.5, 0.6) is 5.88 Å². The number of pyridine rings is 1. The number of likely N-dealkylation sites (tertiary alicyclic amines) is 1. The normalized spacial score (nSPS) is 18.0. The van der Waals surface area contributed by atoms with Gasteiger partial charge in [0.05, 0.1) is 34.6 Å². The molecule has 6 rings (SSSR count). The maximum atomic E-state index is 13.1. The quantitative estimate of drug-likeness (QED) is 0.242. The first-order chi connectivity index (χ1) is 22.5. The van der Waals surface area contributed by atoms with E-state index < -0.39 is 23.4 Å². The van der Waals surface area contributed by atoms with Gasteiger partial charge < -0.3 is 24.8 Å². The van der Waals surface area contributed by atoms with Crippen molar-refractivity contribution in [3.8, 4) is 28.3 Å². The van der Waals surface area contributed by atoms with Crippen LogP contribution in [0.3, 0.4) is 0 Å². The monoisotopic (exact) mass is 679 g/mol. The number of piperidine rings is 1. The highest BCUT2D eigenvalue weighted by molar-refractivity contribution is 6.39. The van der Waals surface area contributed by atoms with E-state index in [4.69, 9.17) is 32.9 Å². The first-order valence-corrected chi connectivity index (χ1v) is 16.1. The molecule has 2 unspecified atom stereocenters. The van der Waals surface area contributed by atoms with E-state index in [0.29, 0.717) is 33.3 Å². The Hall–Kier alpha value is -4.00. The molecule has 3 N–H and O–H groups in total. The van der Waals surface area contributed by atoms with E-state index in [2.05, 4.69) is 10.2 Å². The molecule has 0 radical (unpaired) electrons. The highest BCUT2D eigenvalue weighted by Gasteiger charge is 2.39. The molecular weight excluding hydrogens is 645 g/mol. The summed E-state index contributed by atoms with van der Waals surface area (Å²) in [7, 11) is 4.34. The standard InChI is InChI=1S/C34H35Cl2N5O6/c1-39-17-22(32(43)40(2)34(39)46)30(42)37-23-11-7-9-20(29(23)36)19-8-6-10-21(28(19)35)24-16-18-13-14-25(27(18)31(38-24)47-3)41-15-5-4-12-26(41)33(44)45/h6-11,16-17,25-26,33,44-45H,4-5,12-15H2,1-3H3,(H,37,42). The Bertz CT molecular complexity index is 1990. The van der Waals surface area contributed by atoms with Crippen molar-refractivity contribution in [3.05, 3.63) is 96.2 Å². The number of methoxy groups -OCH3 is 1. The molecule has 3 heterocycles. The molecule has 1 aliphatic carbocycles. The molecule has 1 fully saturated rings. The van der Waals surface area contributed by atoms with Gasteiger partial charge in [-0.1, -0.05) is 60.0 Å². The number of anilines is 1. The van der Waals surface area contributed by atoms with E-state index >= 15 is 0 Å². The van der Waals surface area contributed by atoms with Gasteiger partial charge in [-0.2, -0.15) is 0 Å². The number of aliphatic hydroxyl groups is 2. The Morgan fingerprint density at radius 3 is 2.45 bits per heavy atom. The highest BCUT2D eigenvalue weighted by atomic mass is 35.5. The number of hydrogen-bond acceptors (Lipinski definition) is 8. The van der Waals surface area contributed by atoms with Gasteiger partial charge in [0.15, 0.2) is 6.29 Å². The smallest absolute Gasteiger partial charge is 0.330 e. The summed E-state index contributed by atoms with van der Waals surface area (Å²) >= 11 is 13.9. The SMILES string of the molecule is COc1nc(-c2cccc(-c3cccc(NC(=O)c4cn(C)c(=O)n(C)c4=O)c3Cl)c2Cl)cc2c1C(N1CCCCC1C(O)O)CC2. The largest absolute Gasteiger partial charge is 0.481 e. The Balaban J connectivity index is 1.34. The third-order valence-corrected chi connectivity index (χ3v) is 9.98. The molecule has 4 aromatic rings. The second kappa shape index (κ2) is 13.2. The van der Waals surface area contributed by atoms with Crippen molar-refractivity contribution in [3.63, 3.8) is 0 Å². The van der Waals surface area contributed by atoms with Crippen molar-refractivity contribution in [2.24, 2.45) is 14.1 Å². The molecule has 1 saturated heterocycles. The zero-order valence-corrected chi connectivity index (χ0v) is 27.7. The van der Waals surface area contributed by atoms with Crippen molar-refractivity contribution in [2.45, 2.75) is 50.5 Å². The van der Waals surface area contributed by atoms with Gasteiger partial charge in [-0.3, -0.25) is 19.1 Å². The lowest BCUT2D eigenvalue weighted by molar-refractivity contribution is -0.120. The summed E-state index contributed by atoms with van der Waals surface area (Å²) in [6.07, 6.45) is 4.03. The van der Waals surface area contributed by atoms with Crippen LogP contribution in [0, 0.1) is 0 Å². The topological polar surface area (TPSA) is 139 Å². The lowest BCUT2D eigenvalue weighted by Gasteiger charge is -2.41. The maximum absolute atomic E-state index is 13.1. The summed E-state index contributed by atoms with van der Waals surface area (Å²) in [5.74, 6) is -0.234. The van der Waals surface area contributed by atoms with Gasteiger partial charge in [0, 0.05) is 48.6 Å². The van der Waals surface area contributed by atoms with E-state index in [1.807, 2.05) is 24.3 Å². The minimum absolute atomic E-state index is 0.0342. The Morgan fingerprint density at radius 2 is 1.72 bits per heavy atom. The van der Waals surface area contributed by atoms with Gasteiger partial charge in [-0.05, 0) is 49.9 Å². The van der Waals surface area contributed by atoms with Crippen LogP contribution < -0.4 is 21.3 Å². The number of carbonyl (C=O) groups excluding carboxylic acids is 1. The van der Waals surface area contributed by atoms with Crippen LogP contribution in [0.25, 0.3) is 22.4 Å². The van der Waals surface area contributed by atoms with Crippen molar-refractivity contribution in [1.82, 2.24) is 19.0 Å². The molecule has 47 heavy (non-hydrogen) atoms. The Kier molecular flexibility index (Phi) is 9.28. The number of ether oxygens (including phenoxy) is 1. The third-order valence-electron chi connectivity index (χ3n) is 9.16. The van der Waals surface area contributed by atoms with Crippen molar-refractivity contribution in [1.29, 1.82) is 0 Å². The number of amides is 1. The molecule has 2 aromatic carbocycles. The molecule has 0 bridgehead atoms. The molecule has 246 valence electrons. The second-order valence-electron chi connectivity index (χ2n) is 11.9. The zero-order chi connectivity index (χ0) is 33.6. The Morgan fingerprint density at radius 1 is 1.02 bits per heavy atom. The summed E-state index contributed by atoms with van der Waals surface area (Å²) < 4.78 is 7.84. The number of aryl methyl sites for hydroxylation is 2. The van der Waals surface area contributed by atoms with Gasteiger partial charge in [-0.15, -0.1) is 0 Å². The minimum atomic E-state index is -1.42. The summed E-state index contributed by atoms with van der Waals surface area (Å²) in [6, 6.07) is 12.3. The van der Waals surface area contributed by atoms with Gasteiger partial charge in [-0.25, -0.2) is 9.78 Å². The molecule has 2 aromatic heterocycles. The molecule has 0 spiro atoms. The number of fused-ring (bicyclic) bond motifs is 1. The van der Waals surface area contributed by atoms with Crippen molar-refractivity contribution < 1.29 is 19.7 Å². The van der Waals surface area contributed by atoms with Gasteiger partial charge in [0.1, 0.15) is 5.56 Å². The van der Waals surface area contributed by atoms with Gasteiger partial charge in [0.25, 0.3) is 11.5 Å². The van der Waals surface area contributed by atoms with E-state index in [1.54, 1.807) is 25.3 Å². The first-order valence-electron chi connectivity index (χ1n) is 15.4. The molecule has 2 atom stereocenters. The van der Waals surface area contributed by atoms with Crippen LogP contribution in [0.4, 0.5) is 5.69 Å². The van der Waals surface area contributed by atoms with E-state index in [-0.39, 0.29) is 28.4 Å². The lowest BCUT2D eigenvalue weighted by Crippen LogP contribution is -2.48. The number of aliphatic hydroxyl groups excluding tert-OH is 1. The number of carbonyl (C=O) groups is 1. The number of nitrogens with zero attached hydrogens (tertiary/aromatic N) is 4.